The highest BCUT2D eigenvalue weighted by atomic mass is 16.7. The number of unbranched alkanes of at least 4 members (excludes halogenated alkanes) is 6. The van der Waals surface area contributed by atoms with Gasteiger partial charge in [0.1, 0.15) is 12.2 Å². The topological polar surface area (TPSA) is 71.1 Å². The average Bonchev–Trinajstić information content (AvgIpc) is 2.62. The highest BCUT2D eigenvalue weighted by Gasteiger charge is 2.28. The molecule has 0 aromatic heterocycles. The zero-order valence-electron chi connectivity index (χ0n) is 19.0. The third-order valence-corrected chi connectivity index (χ3v) is 5.08. The van der Waals surface area contributed by atoms with Gasteiger partial charge in [-0.05, 0) is 45.4 Å². The first kappa shape index (κ1) is 25.6. The van der Waals surface area contributed by atoms with E-state index in [-0.39, 0.29) is 18.3 Å². The first-order chi connectivity index (χ1) is 13.9. The van der Waals surface area contributed by atoms with E-state index in [4.69, 9.17) is 18.9 Å². The quantitative estimate of drug-likeness (QED) is 0.244. The van der Waals surface area contributed by atoms with Gasteiger partial charge >= 0.3 is 12.3 Å². The summed E-state index contributed by atoms with van der Waals surface area (Å²) >= 11 is 0. The molecule has 1 rings (SSSR count). The zero-order valence-corrected chi connectivity index (χ0v) is 19.0. The van der Waals surface area contributed by atoms with Crippen LogP contribution in [-0.2, 0) is 18.9 Å². The molecular formula is C23H42O6. The van der Waals surface area contributed by atoms with Crippen molar-refractivity contribution < 1.29 is 28.5 Å². The van der Waals surface area contributed by atoms with Gasteiger partial charge in [-0.25, -0.2) is 9.59 Å². The monoisotopic (exact) mass is 414 g/mol. The van der Waals surface area contributed by atoms with Gasteiger partial charge in [-0.15, -0.1) is 0 Å². The van der Waals surface area contributed by atoms with Crippen LogP contribution < -0.4 is 0 Å². The van der Waals surface area contributed by atoms with Crippen LogP contribution in [0.2, 0.25) is 0 Å². The summed E-state index contributed by atoms with van der Waals surface area (Å²) in [7, 11) is 0. The molecule has 1 aliphatic carbocycles. The normalized spacial score (nSPS) is 19.2. The van der Waals surface area contributed by atoms with Crippen molar-refractivity contribution >= 4 is 12.3 Å². The number of rotatable bonds is 13. The van der Waals surface area contributed by atoms with Crippen LogP contribution in [0.25, 0.3) is 0 Å². The summed E-state index contributed by atoms with van der Waals surface area (Å²) in [5.41, 5.74) is 0. The van der Waals surface area contributed by atoms with Gasteiger partial charge in [0.2, 0.25) is 0 Å². The first-order valence-electron chi connectivity index (χ1n) is 11.6. The van der Waals surface area contributed by atoms with Crippen molar-refractivity contribution in [1.29, 1.82) is 0 Å². The summed E-state index contributed by atoms with van der Waals surface area (Å²) in [6.45, 7) is 8.50. The number of carbonyl (C=O) groups excluding carboxylic acids is 2. The fraction of sp³-hybridized carbons (Fsp3) is 0.913. The number of hydrogen-bond acceptors (Lipinski definition) is 6. The minimum atomic E-state index is -0.659. The van der Waals surface area contributed by atoms with E-state index in [1.165, 1.54) is 38.5 Å². The molecule has 2 atom stereocenters. The van der Waals surface area contributed by atoms with Gasteiger partial charge in [-0.2, -0.15) is 0 Å². The number of hydrogen-bond donors (Lipinski definition) is 0. The highest BCUT2D eigenvalue weighted by molar-refractivity contribution is 5.61. The van der Waals surface area contributed by atoms with Gasteiger partial charge < -0.3 is 18.9 Å². The molecule has 0 bridgehead atoms. The van der Waals surface area contributed by atoms with E-state index in [0.717, 1.165) is 38.0 Å². The molecule has 0 saturated heterocycles. The van der Waals surface area contributed by atoms with Crippen LogP contribution in [0.15, 0.2) is 0 Å². The van der Waals surface area contributed by atoms with Gasteiger partial charge in [-0.3, -0.25) is 0 Å². The van der Waals surface area contributed by atoms with Crippen molar-refractivity contribution in [2.24, 2.45) is 5.92 Å². The molecule has 2 unspecified atom stereocenters. The molecule has 29 heavy (non-hydrogen) atoms. The van der Waals surface area contributed by atoms with E-state index in [1.54, 1.807) is 13.8 Å². The van der Waals surface area contributed by atoms with Gasteiger partial charge in [-0.1, -0.05) is 58.8 Å². The molecule has 0 aromatic carbocycles. The van der Waals surface area contributed by atoms with Crippen LogP contribution in [-0.4, -0.2) is 37.2 Å². The van der Waals surface area contributed by atoms with Gasteiger partial charge in [0.05, 0.1) is 12.7 Å². The van der Waals surface area contributed by atoms with Crippen molar-refractivity contribution in [2.45, 2.75) is 123 Å². The molecule has 0 radical (unpaired) electrons. The summed E-state index contributed by atoms with van der Waals surface area (Å²) in [5.74, 6) is 0.806. The van der Waals surface area contributed by atoms with E-state index in [2.05, 4.69) is 13.8 Å². The maximum atomic E-state index is 11.9. The standard InChI is InChI=1S/C23H42O6/c1-18(2)13-10-8-6-5-7-9-11-16-26-22(24)28-20-14-12-15-21(17-20)29-23(25)27-19(3)4/h18-21H,5-17H2,1-4H3. The van der Waals surface area contributed by atoms with E-state index in [1.807, 2.05) is 0 Å². The SMILES string of the molecule is CC(C)CCCCCCCCCOC(=O)OC1CCCC(OC(=O)OC(C)C)C1. The van der Waals surface area contributed by atoms with Gasteiger partial charge in [0.15, 0.2) is 0 Å². The Morgan fingerprint density at radius 1 is 0.793 bits per heavy atom. The second-order valence-corrected chi connectivity index (χ2v) is 8.82. The Labute approximate surface area is 177 Å². The van der Waals surface area contributed by atoms with E-state index in [9.17, 15) is 9.59 Å². The fourth-order valence-electron chi connectivity index (χ4n) is 3.54. The molecule has 0 N–H and O–H groups in total. The lowest BCUT2D eigenvalue weighted by molar-refractivity contribution is -0.0400. The maximum Gasteiger partial charge on any atom is 0.508 e. The largest absolute Gasteiger partial charge is 0.508 e. The molecule has 0 aliphatic heterocycles. The van der Waals surface area contributed by atoms with Crippen LogP contribution in [0.5, 0.6) is 0 Å². The van der Waals surface area contributed by atoms with Gasteiger partial charge in [0, 0.05) is 6.42 Å². The molecule has 1 aliphatic rings. The van der Waals surface area contributed by atoms with Crippen LogP contribution >= 0.6 is 0 Å². The molecule has 0 heterocycles. The minimum Gasteiger partial charge on any atom is -0.434 e. The number of ether oxygens (including phenoxy) is 4. The van der Waals surface area contributed by atoms with Crippen molar-refractivity contribution in [3.8, 4) is 0 Å². The summed E-state index contributed by atoms with van der Waals surface area (Å²) in [6.07, 6.45) is 10.5. The molecule has 0 aromatic rings. The molecular weight excluding hydrogens is 372 g/mol. The fourth-order valence-corrected chi connectivity index (χ4v) is 3.54. The predicted octanol–water partition coefficient (Wildman–Crippen LogP) is 6.79. The Kier molecular flexibility index (Phi) is 13.6. The number of carbonyl (C=O) groups is 2. The maximum absolute atomic E-state index is 11.9. The lowest BCUT2D eigenvalue weighted by Crippen LogP contribution is -2.32. The van der Waals surface area contributed by atoms with Crippen LogP contribution in [0.4, 0.5) is 9.59 Å². The Hall–Kier alpha value is -1.46. The molecule has 1 saturated carbocycles. The smallest absolute Gasteiger partial charge is 0.434 e. The van der Waals surface area contributed by atoms with E-state index < -0.39 is 12.3 Å². The molecule has 6 heteroatoms. The first-order valence-corrected chi connectivity index (χ1v) is 11.6. The third-order valence-electron chi connectivity index (χ3n) is 5.08. The molecule has 0 amide bonds. The second kappa shape index (κ2) is 15.4. The lowest BCUT2D eigenvalue weighted by Gasteiger charge is -2.28. The molecule has 6 nitrogen and oxygen atoms in total. The molecule has 0 spiro atoms. The summed E-state index contributed by atoms with van der Waals surface area (Å²) in [4.78, 5) is 23.5. The minimum absolute atomic E-state index is 0.210. The summed E-state index contributed by atoms with van der Waals surface area (Å²) in [5, 5.41) is 0. The lowest BCUT2D eigenvalue weighted by atomic mass is 9.95. The van der Waals surface area contributed by atoms with Crippen LogP contribution in [0, 0.1) is 5.92 Å². The van der Waals surface area contributed by atoms with Crippen LogP contribution in [0.3, 0.4) is 0 Å². The van der Waals surface area contributed by atoms with Crippen molar-refractivity contribution in [2.75, 3.05) is 6.61 Å². The Balaban J connectivity index is 2.03. The van der Waals surface area contributed by atoms with Gasteiger partial charge in [0.25, 0.3) is 0 Å². The van der Waals surface area contributed by atoms with Crippen molar-refractivity contribution in [3.63, 3.8) is 0 Å². The van der Waals surface area contributed by atoms with Crippen molar-refractivity contribution in [3.05, 3.63) is 0 Å². The Morgan fingerprint density at radius 3 is 1.93 bits per heavy atom. The Bertz CT molecular complexity index is 449. The molecule has 170 valence electrons. The van der Waals surface area contributed by atoms with E-state index in [0.29, 0.717) is 13.0 Å². The highest BCUT2D eigenvalue weighted by Crippen LogP contribution is 2.24. The third kappa shape index (κ3) is 14.2. The summed E-state index contributed by atoms with van der Waals surface area (Å²) < 4.78 is 20.9. The Morgan fingerprint density at radius 2 is 1.34 bits per heavy atom. The van der Waals surface area contributed by atoms with Crippen LogP contribution in [0.1, 0.15) is 105 Å². The van der Waals surface area contributed by atoms with Crippen molar-refractivity contribution in [1.82, 2.24) is 0 Å². The summed E-state index contributed by atoms with van der Waals surface area (Å²) in [6, 6.07) is 0. The molecule has 1 fully saturated rings. The average molecular weight is 415 g/mol. The van der Waals surface area contributed by atoms with E-state index >= 15 is 0 Å². The predicted molar refractivity (Wildman–Crippen MR) is 113 cm³/mol. The zero-order chi connectivity index (χ0) is 21.5. The second-order valence-electron chi connectivity index (χ2n) is 8.82.